The maximum atomic E-state index is 13.2. The smallest absolute Gasteiger partial charge is 0.286 e. The van der Waals surface area contributed by atoms with Gasteiger partial charge in [0.2, 0.25) is 0 Å². The number of pyridine rings is 2. The second kappa shape index (κ2) is 7.37. The van der Waals surface area contributed by atoms with Crippen molar-refractivity contribution in [2.75, 3.05) is 11.9 Å². The van der Waals surface area contributed by atoms with Crippen LogP contribution in [0.15, 0.2) is 48.8 Å². The molecule has 6 rings (SSSR count). The summed E-state index contributed by atoms with van der Waals surface area (Å²) in [5.41, 5.74) is 1.61. The third-order valence-electron chi connectivity index (χ3n) is 6.40. The van der Waals surface area contributed by atoms with E-state index in [-0.39, 0.29) is 29.0 Å². The van der Waals surface area contributed by atoms with Crippen molar-refractivity contribution in [2.45, 2.75) is 44.1 Å². The molecule has 0 amide bonds. The number of Topliss-reactive ketones (excluding diaryl/α,β-unsaturated/α-hetero) is 1. The molecule has 3 fully saturated rings. The van der Waals surface area contributed by atoms with Gasteiger partial charge < -0.3 is 10.1 Å². The predicted octanol–water partition coefficient (Wildman–Crippen LogP) is 5.77. The first-order valence-corrected chi connectivity index (χ1v) is 10.8. The number of ketones is 1. The second-order valence-electron chi connectivity index (χ2n) is 9.23. The van der Waals surface area contributed by atoms with E-state index >= 15 is 0 Å². The summed E-state index contributed by atoms with van der Waals surface area (Å²) in [5, 5.41) is 5.34. The van der Waals surface area contributed by atoms with Crippen molar-refractivity contribution in [3.05, 3.63) is 59.5 Å². The van der Waals surface area contributed by atoms with Crippen LogP contribution < -0.4 is 10.1 Å². The van der Waals surface area contributed by atoms with E-state index in [0.717, 1.165) is 42.8 Å². The Bertz CT molecular complexity index is 1170. The van der Waals surface area contributed by atoms with E-state index in [1.807, 2.05) is 24.3 Å². The number of nitrogens with one attached hydrogen (secondary N) is 1. The molecule has 5 nitrogen and oxygen atoms in total. The van der Waals surface area contributed by atoms with Gasteiger partial charge in [0.1, 0.15) is 18.1 Å². The summed E-state index contributed by atoms with van der Waals surface area (Å²) < 4.78 is 31.9. The predicted molar refractivity (Wildman–Crippen MR) is 118 cm³/mol. The van der Waals surface area contributed by atoms with Crippen LogP contribution in [-0.2, 0) is 10.7 Å². The quantitative estimate of drug-likeness (QED) is 0.465. The minimum atomic E-state index is -3.00. The molecule has 1 N–H and O–H groups in total. The minimum Gasteiger partial charge on any atom is -0.484 e. The zero-order valence-electron chi connectivity index (χ0n) is 17.5. The summed E-state index contributed by atoms with van der Waals surface area (Å²) in [7, 11) is 0. The highest BCUT2D eigenvalue weighted by Gasteiger charge is 2.68. The number of hydrogen-bond acceptors (Lipinski definition) is 5. The molecule has 166 valence electrons. The first-order valence-electron chi connectivity index (χ1n) is 10.5. The van der Waals surface area contributed by atoms with Crippen LogP contribution in [0.3, 0.4) is 0 Å². The summed E-state index contributed by atoms with van der Waals surface area (Å²) in [6, 6.07) is 10.3. The molecule has 0 saturated heterocycles. The lowest BCUT2D eigenvalue weighted by atomic mass is 9.38. The van der Waals surface area contributed by atoms with Crippen molar-refractivity contribution in [1.82, 2.24) is 9.97 Å². The average molecular weight is 458 g/mol. The molecule has 1 aromatic carbocycles. The number of halogens is 3. The van der Waals surface area contributed by atoms with E-state index in [9.17, 15) is 13.6 Å². The molecular weight excluding hydrogens is 436 g/mol. The van der Waals surface area contributed by atoms with Crippen LogP contribution in [0.1, 0.15) is 38.3 Å². The Morgan fingerprint density at radius 1 is 1.19 bits per heavy atom. The number of benzene rings is 1. The van der Waals surface area contributed by atoms with Crippen molar-refractivity contribution in [1.29, 1.82) is 0 Å². The fourth-order valence-electron chi connectivity index (χ4n) is 5.19. The number of aromatic nitrogens is 2. The number of ether oxygens (including phenoxy) is 1. The lowest BCUT2D eigenvalue weighted by molar-refractivity contribution is -0.147. The zero-order chi connectivity index (χ0) is 22.6. The molecule has 2 aromatic heterocycles. The highest BCUT2D eigenvalue weighted by atomic mass is 35.5. The van der Waals surface area contributed by atoms with Gasteiger partial charge in [0.05, 0.1) is 11.7 Å². The molecule has 3 aliphatic rings. The summed E-state index contributed by atoms with van der Waals surface area (Å²) in [6.45, 7) is 0.707. The van der Waals surface area contributed by atoms with Gasteiger partial charge in [-0.05, 0) is 61.1 Å². The fraction of sp³-hybridized carbons (Fsp3) is 0.375. The summed E-state index contributed by atoms with van der Waals surface area (Å²) >= 11 is 6.07. The highest BCUT2D eigenvalue weighted by Crippen LogP contribution is 2.70. The molecule has 3 saturated carbocycles. The van der Waals surface area contributed by atoms with Gasteiger partial charge in [-0.3, -0.25) is 14.8 Å². The SMILES string of the molecule is CC(F)(F)c1ccc(OCC(=O)CC23CC(Nc4ccnc5cc(Cl)ccc45)(C2)C3)cn1. The van der Waals surface area contributed by atoms with Crippen molar-refractivity contribution >= 4 is 34.0 Å². The van der Waals surface area contributed by atoms with Crippen LogP contribution >= 0.6 is 11.6 Å². The third kappa shape index (κ3) is 3.90. The van der Waals surface area contributed by atoms with Gasteiger partial charge in [-0.1, -0.05) is 11.6 Å². The molecule has 0 spiro atoms. The number of carbonyl (C=O) groups excluding carboxylic acids is 1. The van der Waals surface area contributed by atoms with E-state index in [2.05, 4.69) is 15.3 Å². The second-order valence-corrected chi connectivity index (χ2v) is 9.66. The highest BCUT2D eigenvalue weighted by molar-refractivity contribution is 6.31. The summed E-state index contributed by atoms with van der Waals surface area (Å²) in [6.07, 6.45) is 6.26. The Balaban J connectivity index is 1.13. The van der Waals surface area contributed by atoms with Crippen LogP contribution in [0, 0.1) is 5.41 Å². The first-order chi connectivity index (χ1) is 15.2. The molecule has 0 unspecified atom stereocenters. The number of nitrogens with zero attached hydrogens (tertiary/aromatic N) is 2. The number of rotatable bonds is 8. The van der Waals surface area contributed by atoms with Gasteiger partial charge in [0.25, 0.3) is 5.92 Å². The van der Waals surface area contributed by atoms with E-state index in [0.29, 0.717) is 17.2 Å². The van der Waals surface area contributed by atoms with Crippen molar-refractivity contribution in [3.8, 4) is 5.75 Å². The van der Waals surface area contributed by atoms with Gasteiger partial charge in [0, 0.05) is 41.2 Å². The average Bonchev–Trinajstić information content (AvgIpc) is 2.69. The molecule has 0 aliphatic heterocycles. The normalized spacial score (nSPS) is 23.9. The molecule has 8 heteroatoms. The van der Waals surface area contributed by atoms with Crippen molar-refractivity contribution < 1.29 is 18.3 Å². The largest absolute Gasteiger partial charge is 0.484 e. The molecule has 2 heterocycles. The van der Waals surface area contributed by atoms with Gasteiger partial charge >= 0.3 is 0 Å². The van der Waals surface area contributed by atoms with Crippen LogP contribution in [0.25, 0.3) is 10.9 Å². The molecular formula is C24H22ClF2N3O2. The van der Waals surface area contributed by atoms with Crippen LogP contribution in [0.4, 0.5) is 14.5 Å². The number of anilines is 1. The van der Waals surface area contributed by atoms with Crippen LogP contribution in [0.5, 0.6) is 5.75 Å². The van der Waals surface area contributed by atoms with Crippen molar-refractivity contribution in [2.24, 2.45) is 5.41 Å². The van der Waals surface area contributed by atoms with Gasteiger partial charge in [-0.25, -0.2) is 0 Å². The first kappa shape index (κ1) is 21.1. The maximum absolute atomic E-state index is 13.2. The Kier molecular flexibility index (Phi) is 4.85. The molecule has 2 bridgehead atoms. The number of carbonyl (C=O) groups is 1. The van der Waals surface area contributed by atoms with Gasteiger partial charge in [-0.2, -0.15) is 8.78 Å². The lowest BCUT2D eigenvalue weighted by Crippen LogP contribution is -2.71. The summed E-state index contributed by atoms with van der Waals surface area (Å²) in [4.78, 5) is 20.5. The number of hydrogen-bond donors (Lipinski definition) is 1. The Hall–Kier alpha value is -2.80. The van der Waals surface area contributed by atoms with E-state index in [1.54, 1.807) is 6.20 Å². The van der Waals surface area contributed by atoms with Crippen LogP contribution in [0.2, 0.25) is 5.02 Å². The van der Waals surface area contributed by atoms with Crippen LogP contribution in [-0.4, -0.2) is 27.9 Å². The Morgan fingerprint density at radius 2 is 1.97 bits per heavy atom. The molecule has 3 aromatic rings. The number of alkyl halides is 2. The number of fused-ring (bicyclic) bond motifs is 1. The topological polar surface area (TPSA) is 64.1 Å². The Morgan fingerprint density at radius 3 is 2.66 bits per heavy atom. The van der Waals surface area contributed by atoms with E-state index in [4.69, 9.17) is 16.3 Å². The lowest BCUT2D eigenvalue weighted by Gasteiger charge is -2.71. The van der Waals surface area contributed by atoms with E-state index in [1.165, 1.54) is 18.3 Å². The fourth-order valence-corrected chi connectivity index (χ4v) is 5.36. The minimum absolute atomic E-state index is 0.00667. The molecule has 3 aliphatic carbocycles. The standard InChI is InChI=1S/C24H22ClF2N3O2/c1-22(26,27)21-5-3-17(10-29-21)32-11-16(31)9-23-12-24(13-23,14-23)30-19-6-7-28-20-8-15(25)2-4-18(19)20/h2-8,10H,9,11-14H2,1H3,(H,28,30). The molecule has 32 heavy (non-hydrogen) atoms. The maximum Gasteiger partial charge on any atom is 0.286 e. The molecule has 0 atom stereocenters. The zero-order valence-corrected chi connectivity index (χ0v) is 18.3. The summed E-state index contributed by atoms with van der Waals surface area (Å²) in [5.74, 6) is -2.68. The molecule has 0 radical (unpaired) electrons. The van der Waals surface area contributed by atoms with E-state index < -0.39 is 5.92 Å². The van der Waals surface area contributed by atoms with Gasteiger partial charge in [-0.15, -0.1) is 0 Å². The van der Waals surface area contributed by atoms with Gasteiger partial charge in [0.15, 0.2) is 5.78 Å². The third-order valence-corrected chi connectivity index (χ3v) is 6.64. The Labute approximate surface area is 189 Å². The van der Waals surface area contributed by atoms with Crippen molar-refractivity contribution in [3.63, 3.8) is 0 Å². The monoisotopic (exact) mass is 457 g/mol.